The van der Waals surface area contributed by atoms with Crippen LogP contribution in [-0.4, -0.2) is 47.3 Å². The van der Waals surface area contributed by atoms with E-state index in [0.29, 0.717) is 17.3 Å². The molecule has 1 aromatic heterocycles. The first-order valence-electron chi connectivity index (χ1n) is 8.43. The van der Waals surface area contributed by atoms with E-state index in [-0.39, 0.29) is 24.1 Å². The standard InChI is InChI=1S/C18H23FN4O.ClH/c1-20-10-6-14-7-11-22(12-8-14)18(24)16-9-13-23(21-16)17-5-3-2-4-15(17)19;/h2-5,9,13-14,20H,6-8,10-12H2,1H3;1H. The number of aromatic nitrogens is 2. The second-order valence-corrected chi connectivity index (χ2v) is 6.22. The zero-order valence-corrected chi connectivity index (χ0v) is 15.1. The zero-order valence-electron chi connectivity index (χ0n) is 14.3. The number of piperidine rings is 1. The molecule has 0 spiro atoms. The number of hydrogen-bond donors (Lipinski definition) is 1. The number of para-hydroxylation sites is 1. The summed E-state index contributed by atoms with van der Waals surface area (Å²) in [6, 6.07) is 8.06. The second kappa shape index (κ2) is 8.97. The molecule has 1 N–H and O–H groups in total. The van der Waals surface area contributed by atoms with Gasteiger partial charge in [0.05, 0.1) is 0 Å². The summed E-state index contributed by atoms with van der Waals surface area (Å²) in [5.41, 5.74) is 0.717. The number of carbonyl (C=O) groups excluding carboxylic acids is 1. The molecule has 25 heavy (non-hydrogen) atoms. The van der Waals surface area contributed by atoms with Crippen molar-refractivity contribution in [2.45, 2.75) is 19.3 Å². The van der Waals surface area contributed by atoms with Crippen LogP contribution >= 0.6 is 12.4 Å². The van der Waals surface area contributed by atoms with Gasteiger partial charge in [-0.3, -0.25) is 4.79 Å². The summed E-state index contributed by atoms with van der Waals surface area (Å²) in [6.07, 6.45) is 4.84. The number of nitrogens with zero attached hydrogens (tertiary/aromatic N) is 3. The Morgan fingerprint density at radius 2 is 2.00 bits per heavy atom. The second-order valence-electron chi connectivity index (χ2n) is 6.22. The first-order chi connectivity index (χ1) is 11.7. The number of halogens is 2. The molecule has 7 heteroatoms. The minimum absolute atomic E-state index is 0. The van der Waals surface area contributed by atoms with Gasteiger partial charge < -0.3 is 10.2 Å². The highest BCUT2D eigenvalue weighted by Crippen LogP contribution is 2.21. The number of benzene rings is 1. The van der Waals surface area contributed by atoms with Crippen LogP contribution in [0.15, 0.2) is 36.5 Å². The van der Waals surface area contributed by atoms with E-state index in [1.807, 2.05) is 11.9 Å². The molecule has 0 saturated carbocycles. The van der Waals surface area contributed by atoms with E-state index in [1.165, 1.54) is 10.7 Å². The quantitative estimate of drug-likeness (QED) is 0.885. The molecule has 2 aromatic rings. The first kappa shape index (κ1) is 19.4. The molecular weight excluding hydrogens is 343 g/mol. The smallest absolute Gasteiger partial charge is 0.274 e. The normalized spacial score (nSPS) is 15.0. The predicted molar refractivity (Wildman–Crippen MR) is 97.9 cm³/mol. The Bertz CT molecular complexity index is 698. The van der Waals surface area contributed by atoms with Crippen LogP contribution in [0.5, 0.6) is 0 Å². The number of nitrogens with one attached hydrogen (secondary N) is 1. The number of amides is 1. The van der Waals surface area contributed by atoms with Crippen molar-refractivity contribution in [1.29, 1.82) is 0 Å². The molecule has 0 atom stereocenters. The highest BCUT2D eigenvalue weighted by atomic mass is 35.5. The molecule has 5 nitrogen and oxygen atoms in total. The molecule has 0 radical (unpaired) electrons. The van der Waals surface area contributed by atoms with E-state index in [0.717, 1.165) is 38.9 Å². The summed E-state index contributed by atoms with van der Waals surface area (Å²) in [6.45, 7) is 2.55. The molecule has 2 heterocycles. The fourth-order valence-electron chi connectivity index (χ4n) is 3.14. The highest BCUT2D eigenvalue weighted by Gasteiger charge is 2.24. The third-order valence-electron chi connectivity index (χ3n) is 4.61. The molecule has 0 bridgehead atoms. The Morgan fingerprint density at radius 3 is 2.68 bits per heavy atom. The van der Waals surface area contributed by atoms with E-state index in [4.69, 9.17) is 0 Å². The molecule has 1 fully saturated rings. The fourth-order valence-corrected chi connectivity index (χ4v) is 3.14. The van der Waals surface area contributed by atoms with Crippen LogP contribution in [0.1, 0.15) is 29.8 Å². The number of carbonyl (C=O) groups is 1. The zero-order chi connectivity index (χ0) is 16.9. The van der Waals surface area contributed by atoms with Crippen molar-refractivity contribution in [2.75, 3.05) is 26.7 Å². The van der Waals surface area contributed by atoms with Crippen LogP contribution in [0.25, 0.3) is 5.69 Å². The Labute approximate surface area is 153 Å². The third-order valence-corrected chi connectivity index (χ3v) is 4.61. The Balaban J connectivity index is 0.00000225. The molecule has 0 aliphatic carbocycles. The molecule has 1 aliphatic heterocycles. The lowest BCUT2D eigenvalue weighted by Gasteiger charge is -2.31. The monoisotopic (exact) mass is 366 g/mol. The third kappa shape index (κ3) is 4.58. The number of hydrogen-bond acceptors (Lipinski definition) is 3. The van der Waals surface area contributed by atoms with Crippen LogP contribution in [0.4, 0.5) is 4.39 Å². The summed E-state index contributed by atoms with van der Waals surface area (Å²) < 4.78 is 15.2. The maximum Gasteiger partial charge on any atom is 0.274 e. The lowest BCUT2D eigenvalue weighted by Crippen LogP contribution is -2.39. The molecular formula is C18H24ClFN4O. The van der Waals surface area contributed by atoms with Gasteiger partial charge in [-0.15, -0.1) is 12.4 Å². The van der Waals surface area contributed by atoms with Crippen molar-refractivity contribution in [1.82, 2.24) is 20.0 Å². The van der Waals surface area contributed by atoms with Crippen LogP contribution < -0.4 is 5.32 Å². The molecule has 3 rings (SSSR count). The van der Waals surface area contributed by atoms with Gasteiger partial charge in [-0.1, -0.05) is 12.1 Å². The van der Waals surface area contributed by atoms with Crippen molar-refractivity contribution in [3.63, 3.8) is 0 Å². The summed E-state index contributed by atoms with van der Waals surface area (Å²) in [5, 5.41) is 7.43. The summed E-state index contributed by atoms with van der Waals surface area (Å²) >= 11 is 0. The van der Waals surface area contributed by atoms with Gasteiger partial charge in [0.25, 0.3) is 5.91 Å². The Morgan fingerprint density at radius 1 is 1.28 bits per heavy atom. The van der Waals surface area contributed by atoms with Crippen molar-refractivity contribution < 1.29 is 9.18 Å². The van der Waals surface area contributed by atoms with Gasteiger partial charge >= 0.3 is 0 Å². The molecule has 136 valence electrons. The molecule has 1 saturated heterocycles. The maximum absolute atomic E-state index is 13.8. The van der Waals surface area contributed by atoms with Crippen molar-refractivity contribution in [2.24, 2.45) is 5.92 Å². The topological polar surface area (TPSA) is 50.2 Å². The van der Waals surface area contributed by atoms with E-state index in [9.17, 15) is 9.18 Å². The Hall–Kier alpha value is -1.92. The lowest BCUT2D eigenvalue weighted by atomic mass is 9.93. The predicted octanol–water partition coefficient (Wildman–Crippen LogP) is 2.89. The van der Waals surface area contributed by atoms with Gasteiger partial charge in [0.2, 0.25) is 0 Å². The minimum Gasteiger partial charge on any atom is -0.337 e. The van der Waals surface area contributed by atoms with Gasteiger partial charge in [-0.05, 0) is 57.0 Å². The van der Waals surface area contributed by atoms with Gasteiger partial charge in [0.15, 0.2) is 5.69 Å². The van der Waals surface area contributed by atoms with Crippen molar-refractivity contribution in [3.8, 4) is 5.69 Å². The molecule has 1 aromatic carbocycles. The SMILES string of the molecule is CNCCC1CCN(C(=O)c2ccn(-c3ccccc3F)n2)CC1.Cl. The lowest BCUT2D eigenvalue weighted by molar-refractivity contribution is 0.0680. The summed E-state index contributed by atoms with van der Waals surface area (Å²) in [4.78, 5) is 14.4. The summed E-state index contributed by atoms with van der Waals surface area (Å²) in [7, 11) is 1.96. The number of rotatable bonds is 5. The Kier molecular flexibility index (Phi) is 6.96. The van der Waals surface area contributed by atoms with Gasteiger partial charge in [-0.2, -0.15) is 5.10 Å². The van der Waals surface area contributed by atoms with Crippen molar-refractivity contribution in [3.05, 3.63) is 48.0 Å². The van der Waals surface area contributed by atoms with Crippen LogP contribution in [0.3, 0.4) is 0 Å². The van der Waals surface area contributed by atoms with E-state index in [2.05, 4.69) is 10.4 Å². The molecule has 0 unspecified atom stereocenters. The van der Waals surface area contributed by atoms with Crippen LogP contribution in [-0.2, 0) is 0 Å². The van der Waals surface area contributed by atoms with Crippen LogP contribution in [0, 0.1) is 11.7 Å². The van der Waals surface area contributed by atoms with Gasteiger partial charge in [0, 0.05) is 19.3 Å². The van der Waals surface area contributed by atoms with Gasteiger partial charge in [-0.25, -0.2) is 9.07 Å². The number of likely N-dealkylation sites (tertiary alicyclic amines) is 1. The average molecular weight is 367 g/mol. The van der Waals surface area contributed by atoms with Crippen LogP contribution in [0.2, 0.25) is 0 Å². The van der Waals surface area contributed by atoms with E-state index >= 15 is 0 Å². The van der Waals surface area contributed by atoms with E-state index in [1.54, 1.807) is 30.5 Å². The highest BCUT2D eigenvalue weighted by molar-refractivity contribution is 5.92. The van der Waals surface area contributed by atoms with E-state index < -0.39 is 0 Å². The largest absolute Gasteiger partial charge is 0.337 e. The average Bonchev–Trinajstić information content (AvgIpc) is 3.10. The molecule has 1 amide bonds. The van der Waals surface area contributed by atoms with Gasteiger partial charge in [0.1, 0.15) is 11.5 Å². The fraction of sp³-hybridized carbons (Fsp3) is 0.444. The van der Waals surface area contributed by atoms with Crippen molar-refractivity contribution >= 4 is 18.3 Å². The minimum atomic E-state index is -0.357. The molecule has 1 aliphatic rings. The maximum atomic E-state index is 13.8. The first-order valence-corrected chi connectivity index (χ1v) is 8.43. The summed E-state index contributed by atoms with van der Waals surface area (Å²) in [5.74, 6) is 0.250.